The molecule has 2 fully saturated rings. The number of benzene rings is 2. The summed E-state index contributed by atoms with van der Waals surface area (Å²) in [5.41, 5.74) is 4.93. The van der Waals surface area contributed by atoms with Crippen LogP contribution >= 0.6 is 11.5 Å². The van der Waals surface area contributed by atoms with Crippen LogP contribution in [0, 0.1) is 5.82 Å². The van der Waals surface area contributed by atoms with E-state index < -0.39 is 0 Å². The number of nitrogens with one attached hydrogen (secondary N) is 1. The highest BCUT2D eigenvalue weighted by Gasteiger charge is 2.37. The third kappa shape index (κ3) is 3.89. The molecule has 0 spiro atoms. The second-order valence-electron chi connectivity index (χ2n) is 8.86. The zero-order valence-corrected chi connectivity index (χ0v) is 18.8. The minimum atomic E-state index is -0.168. The third-order valence-electron chi connectivity index (χ3n) is 6.61. The highest BCUT2D eigenvalue weighted by Crippen LogP contribution is 2.48. The maximum absolute atomic E-state index is 15.1. The number of rotatable bonds is 6. The number of nitrogens with zero attached hydrogens (tertiary/aromatic N) is 3. The Morgan fingerprint density at radius 2 is 1.91 bits per heavy atom. The van der Waals surface area contributed by atoms with E-state index in [2.05, 4.69) is 19.5 Å². The fourth-order valence-corrected chi connectivity index (χ4v) is 5.59. The zero-order valence-electron chi connectivity index (χ0n) is 18.0. The standard InChI is InChI=1S/C25H27FN4OS/c26-23-14-18-13-19-16-28-32-25(19)30(20-3-4-20)24(18)15-22(23)17-1-5-21(6-2-17)31-12-11-29-9-7-27-8-10-29/h1-2,5-6,14-16,20,27H,3-4,7-13H2. The normalized spacial score (nSPS) is 18.3. The molecule has 1 saturated heterocycles. The van der Waals surface area contributed by atoms with Crippen LogP contribution in [-0.4, -0.2) is 54.6 Å². The zero-order chi connectivity index (χ0) is 21.5. The van der Waals surface area contributed by atoms with Crippen LogP contribution in [0.1, 0.15) is 24.0 Å². The lowest BCUT2D eigenvalue weighted by atomic mass is 9.95. The molecule has 6 rings (SSSR count). The van der Waals surface area contributed by atoms with E-state index in [-0.39, 0.29) is 5.82 Å². The van der Waals surface area contributed by atoms with E-state index in [0.717, 1.165) is 61.7 Å². The molecule has 2 aromatic carbocycles. The summed E-state index contributed by atoms with van der Waals surface area (Å²) >= 11 is 1.55. The fourth-order valence-electron chi connectivity index (χ4n) is 4.73. The largest absolute Gasteiger partial charge is 0.492 e. The Bertz CT molecular complexity index is 1110. The lowest BCUT2D eigenvalue weighted by Crippen LogP contribution is -2.44. The van der Waals surface area contributed by atoms with Gasteiger partial charge in [-0.3, -0.25) is 4.90 Å². The number of aromatic nitrogens is 1. The van der Waals surface area contributed by atoms with Gasteiger partial charge in [0.05, 0.1) is 0 Å². The first-order valence-electron chi connectivity index (χ1n) is 11.5. The molecule has 0 unspecified atom stereocenters. The van der Waals surface area contributed by atoms with Crippen LogP contribution in [0.4, 0.5) is 15.1 Å². The van der Waals surface area contributed by atoms with Crippen LogP contribution in [-0.2, 0) is 6.42 Å². The second-order valence-corrected chi connectivity index (χ2v) is 9.64. The fraction of sp³-hybridized carbons (Fsp3) is 0.400. The van der Waals surface area contributed by atoms with Gasteiger partial charge < -0.3 is 15.0 Å². The van der Waals surface area contributed by atoms with E-state index in [9.17, 15) is 0 Å². The number of piperazine rings is 1. The maximum Gasteiger partial charge on any atom is 0.131 e. The van der Waals surface area contributed by atoms with Crippen molar-refractivity contribution in [3.8, 4) is 16.9 Å². The predicted octanol–water partition coefficient (Wildman–Crippen LogP) is 4.44. The Balaban J connectivity index is 1.20. The van der Waals surface area contributed by atoms with Gasteiger partial charge in [-0.15, -0.1) is 0 Å². The van der Waals surface area contributed by atoms with Gasteiger partial charge in [0, 0.05) is 68.2 Å². The molecule has 1 saturated carbocycles. The summed E-state index contributed by atoms with van der Waals surface area (Å²) in [6.45, 7) is 5.83. The first-order valence-corrected chi connectivity index (χ1v) is 12.2. The number of hydrogen-bond acceptors (Lipinski definition) is 6. The summed E-state index contributed by atoms with van der Waals surface area (Å²) in [5.74, 6) is 0.662. The number of ether oxygens (including phenoxy) is 1. The van der Waals surface area contributed by atoms with E-state index in [1.165, 1.54) is 23.4 Å². The summed E-state index contributed by atoms with van der Waals surface area (Å²) in [6, 6.07) is 12.1. The van der Waals surface area contributed by atoms with Gasteiger partial charge in [-0.2, -0.15) is 4.37 Å². The van der Waals surface area contributed by atoms with Crippen molar-refractivity contribution in [3.63, 3.8) is 0 Å². The van der Waals surface area contributed by atoms with Crippen LogP contribution in [0.5, 0.6) is 5.75 Å². The number of hydrogen-bond donors (Lipinski definition) is 1. The minimum Gasteiger partial charge on any atom is -0.492 e. The molecule has 32 heavy (non-hydrogen) atoms. The Morgan fingerprint density at radius 3 is 2.69 bits per heavy atom. The van der Waals surface area contributed by atoms with E-state index in [0.29, 0.717) is 18.2 Å². The minimum absolute atomic E-state index is 0.168. The average molecular weight is 451 g/mol. The molecule has 3 heterocycles. The van der Waals surface area contributed by atoms with E-state index >= 15 is 4.39 Å². The van der Waals surface area contributed by atoms with Gasteiger partial charge in [-0.25, -0.2) is 4.39 Å². The third-order valence-corrected chi connectivity index (χ3v) is 7.46. The highest BCUT2D eigenvalue weighted by atomic mass is 32.1. The van der Waals surface area contributed by atoms with Gasteiger partial charge in [0.2, 0.25) is 0 Å². The molecule has 1 N–H and O–H groups in total. The van der Waals surface area contributed by atoms with Gasteiger partial charge >= 0.3 is 0 Å². The maximum atomic E-state index is 15.1. The molecular formula is C25H27FN4OS. The van der Waals surface area contributed by atoms with Crippen LogP contribution in [0.15, 0.2) is 42.6 Å². The quantitative estimate of drug-likeness (QED) is 0.601. The number of fused-ring (bicyclic) bond motifs is 2. The SMILES string of the molecule is Fc1cc2c(cc1-c1ccc(OCCN3CCNCC3)cc1)N(C1CC1)c1sncc1C2. The molecule has 3 aromatic rings. The van der Waals surface area contributed by atoms with Crippen molar-refractivity contribution >= 4 is 22.2 Å². The lowest BCUT2D eigenvalue weighted by molar-refractivity contribution is 0.191. The Labute approximate surface area is 192 Å². The molecule has 2 aliphatic heterocycles. The monoisotopic (exact) mass is 450 g/mol. The topological polar surface area (TPSA) is 40.6 Å². The van der Waals surface area contributed by atoms with Gasteiger partial charge in [-0.1, -0.05) is 12.1 Å². The van der Waals surface area contributed by atoms with Crippen LogP contribution < -0.4 is 15.0 Å². The Hall–Kier alpha value is -2.48. The van der Waals surface area contributed by atoms with Crippen LogP contribution in [0.2, 0.25) is 0 Å². The van der Waals surface area contributed by atoms with Crippen molar-refractivity contribution in [3.05, 3.63) is 59.5 Å². The van der Waals surface area contributed by atoms with Gasteiger partial charge in [0.15, 0.2) is 0 Å². The van der Waals surface area contributed by atoms with Crippen LogP contribution in [0.3, 0.4) is 0 Å². The number of anilines is 2. The molecule has 7 heteroatoms. The summed E-state index contributed by atoms with van der Waals surface area (Å²) in [7, 11) is 0. The van der Waals surface area contributed by atoms with Crippen molar-refractivity contribution in [2.45, 2.75) is 25.3 Å². The molecule has 0 amide bonds. The molecule has 0 bridgehead atoms. The average Bonchev–Trinajstić information content (AvgIpc) is 3.55. The van der Waals surface area contributed by atoms with Crippen molar-refractivity contribution in [1.29, 1.82) is 0 Å². The number of halogens is 1. The second kappa shape index (κ2) is 8.46. The van der Waals surface area contributed by atoms with E-state index in [1.807, 2.05) is 36.5 Å². The summed E-state index contributed by atoms with van der Waals surface area (Å²) in [5, 5.41) is 4.59. The molecule has 3 aliphatic rings. The van der Waals surface area contributed by atoms with Gasteiger partial charge in [-0.05, 0) is 59.8 Å². The Morgan fingerprint density at radius 1 is 1.09 bits per heavy atom. The van der Waals surface area contributed by atoms with Crippen molar-refractivity contribution < 1.29 is 9.13 Å². The smallest absolute Gasteiger partial charge is 0.131 e. The van der Waals surface area contributed by atoms with E-state index in [1.54, 1.807) is 17.6 Å². The lowest BCUT2D eigenvalue weighted by Gasteiger charge is -2.31. The molecule has 5 nitrogen and oxygen atoms in total. The first kappa shape index (κ1) is 20.1. The van der Waals surface area contributed by atoms with Crippen LogP contribution in [0.25, 0.3) is 11.1 Å². The Kier molecular flexibility index (Phi) is 5.33. The first-order chi connectivity index (χ1) is 15.8. The highest BCUT2D eigenvalue weighted by molar-refractivity contribution is 7.10. The summed E-state index contributed by atoms with van der Waals surface area (Å²) in [6.07, 6.45) is 5.05. The molecule has 1 aromatic heterocycles. The molecular weight excluding hydrogens is 423 g/mol. The van der Waals surface area contributed by atoms with E-state index in [4.69, 9.17) is 4.74 Å². The van der Waals surface area contributed by atoms with Gasteiger partial charge in [0.25, 0.3) is 0 Å². The van der Waals surface area contributed by atoms with Gasteiger partial charge in [0.1, 0.15) is 23.2 Å². The predicted molar refractivity (Wildman–Crippen MR) is 127 cm³/mol. The summed E-state index contributed by atoms with van der Waals surface area (Å²) < 4.78 is 25.5. The molecule has 0 atom stereocenters. The van der Waals surface area contributed by atoms with Crippen molar-refractivity contribution in [1.82, 2.24) is 14.6 Å². The molecule has 166 valence electrons. The van der Waals surface area contributed by atoms with Crippen molar-refractivity contribution in [2.75, 3.05) is 44.2 Å². The molecule has 1 aliphatic carbocycles. The molecule has 0 radical (unpaired) electrons. The van der Waals surface area contributed by atoms with Crippen molar-refractivity contribution in [2.24, 2.45) is 0 Å². The summed E-state index contributed by atoms with van der Waals surface area (Å²) in [4.78, 5) is 4.80.